The molecule has 0 saturated carbocycles. The molecule has 5 rings (SSSR count). The first-order valence-electron chi connectivity index (χ1n) is 12.4. The lowest BCUT2D eigenvalue weighted by atomic mass is 9.95. The molecule has 1 aliphatic heterocycles. The maximum Gasteiger partial charge on any atom is 0.338 e. The molecule has 2 aromatic heterocycles. The summed E-state index contributed by atoms with van der Waals surface area (Å²) in [5.41, 5.74) is 2.72. The Hall–Kier alpha value is -4.77. The SMILES string of the molecule is CCOC(=O)C1=C(C)N=c2s/c(=C\c3ccc(-c4ccc([N+](=O)[O-])cc4OC)o3)c(=O)n2[C@H]1c1ccc(C)cc1. The summed E-state index contributed by atoms with van der Waals surface area (Å²) in [6.45, 7) is 5.63. The van der Waals surface area contributed by atoms with Crippen LogP contribution in [0.1, 0.15) is 36.8 Å². The number of aromatic nitrogens is 1. The number of methoxy groups -OCH3 is 1. The van der Waals surface area contributed by atoms with Gasteiger partial charge >= 0.3 is 5.97 Å². The number of carbonyl (C=O) groups excluding carboxylic acids is 1. The van der Waals surface area contributed by atoms with Crippen LogP contribution in [-0.2, 0) is 9.53 Å². The van der Waals surface area contributed by atoms with Gasteiger partial charge in [0.05, 0.1) is 52.1 Å². The van der Waals surface area contributed by atoms with Crippen LogP contribution in [0.4, 0.5) is 5.69 Å². The average Bonchev–Trinajstić information content (AvgIpc) is 3.52. The van der Waals surface area contributed by atoms with E-state index in [9.17, 15) is 19.7 Å². The molecule has 0 fully saturated rings. The van der Waals surface area contributed by atoms with Crippen molar-refractivity contribution in [2.45, 2.75) is 26.8 Å². The van der Waals surface area contributed by atoms with Gasteiger partial charge in [-0.2, -0.15) is 0 Å². The van der Waals surface area contributed by atoms with Crippen LogP contribution in [0.2, 0.25) is 0 Å². The van der Waals surface area contributed by atoms with Crippen molar-refractivity contribution in [3.8, 4) is 17.1 Å². The van der Waals surface area contributed by atoms with Crippen molar-refractivity contribution in [3.63, 3.8) is 0 Å². The Morgan fingerprint density at radius 3 is 2.60 bits per heavy atom. The number of hydrogen-bond donors (Lipinski definition) is 0. The minimum Gasteiger partial charge on any atom is -0.496 e. The van der Waals surface area contributed by atoms with Gasteiger partial charge in [0.1, 0.15) is 17.3 Å². The number of nitrogens with zero attached hydrogens (tertiary/aromatic N) is 3. The minimum atomic E-state index is -0.699. The van der Waals surface area contributed by atoms with Crippen LogP contribution in [0.3, 0.4) is 0 Å². The van der Waals surface area contributed by atoms with Crippen LogP contribution in [-0.4, -0.2) is 29.2 Å². The van der Waals surface area contributed by atoms with Gasteiger partial charge in [0.15, 0.2) is 4.80 Å². The van der Waals surface area contributed by atoms with Gasteiger partial charge in [0, 0.05) is 12.1 Å². The number of benzene rings is 2. The van der Waals surface area contributed by atoms with E-state index < -0.39 is 16.9 Å². The fourth-order valence-electron chi connectivity index (χ4n) is 4.56. The number of carbonyl (C=O) groups is 1. The number of nitro groups is 1. The summed E-state index contributed by atoms with van der Waals surface area (Å²) in [6, 6.07) is 14.6. The van der Waals surface area contributed by atoms with E-state index in [0.717, 1.165) is 11.1 Å². The lowest BCUT2D eigenvalue weighted by molar-refractivity contribution is -0.384. The first kappa shape index (κ1) is 26.8. The van der Waals surface area contributed by atoms with Crippen LogP contribution < -0.4 is 19.6 Å². The van der Waals surface area contributed by atoms with Crippen molar-refractivity contribution in [3.05, 3.63) is 113 Å². The molecule has 40 heavy (non-hydrogen) atoms. The summed E-state index contributed by atoms with van der Waals surface area (Å²) in [5, 5.41) is 11.1. The molecule has 0 N–H and O–H groups in total. The highest BCUT2D eigenvalue weighted by Crippen LogP contribution is 2.34. The number of ether oxygens (including phenoxy) is 2. The minimum absolute atomic E-state index is 0.103. The fourth-order valence-corrected chi connectivity index (χ4v) is 5.58. The van der Waals surface area contributed by atoms with Gasteiger partial charge in [-0.3, -0.25) is 19.5 Å². The number of thiazole rings is 1. The zero-order valence-electron chi connectivity index (χ0n) is 22.2. The third-order valence-corrected chi connectivity index (χ3v) is 7.45. The maximum atomic E-state index is 13.8. The Labute approximate surface area is 232 Å². The van der Waals surface area contributed by atoms with E-state index in [1.54, 1.807) is 38.1 Å². The molecule has 0 aliphatic carbocycles. The van der Waals surface area contributed by atoms with Crippen LogP contribution in [0.15, 0.2) is 80.1 Å². The summed E-state index contributed by atoms with van der Waals surface area (Å²) >= 11 is 1.19. The Balaban J connectivity index is 1.61. The Kier molecular flexibility index (Phi) is 7.22. The third-order valence-electron chi connectivity index (χ3n) is 6.47. The van der Waals surface area contributed by atoms with Crippen molar-refractivity contribution in [1.29, 1.82) is 0 Å². The molecule has 0 bridgehead atoms. The largest absolute Gasteiger partial charge is 0.496 e. The molecule has 0 spiro atoms. The molecule has 204 valence electrons. The Morgan fingerprint density at radius 1 is 1.18 bits per heavy atom. The van der Waals surface area contributed by atoms with Crippen LogP contribution >= 0.6 is 11.3 Å². The molecule has 10 nitrogen and oxygen atoms in total. The molecule has 3 heterocycles. The fraction of sp³-hybridized carbons (Fsp3) is 0.207. The number of nitro benzene ring substituents is 1. The zero-order valence-corrected chi connectivity index (χ0v) is 23.0. The average molecular weight is 560 g/mol. The van der Waals surface area contributed by atoms with Crippen molar-refractivity contribution < 1.29 is 23.6 Å². The van der Waals surface area contributed by atoms with E-state index in [-0.39, 0.29) is 23.6 Å². The summed E-state index contributed by atoms with van der Waals surface area (Å²) < 4.78 is 18.5. The molecule has 0 unspecified atom stereocenters. The van der Waals surface area contributed by atoms with Gasteiger partial charge in [0.25, 0.3) is 11.2 Å². The van der Waals surface area contributed by atoms with Gasteiger partial charge in [-0.05, 0) is 44.5 Å². The highest BCUT2D eigenvalue weighted by Gasteiger charge is 2.33. The van der Waals surface area contributed by atoms with E-state index in [4.69, 9.17) is 13.9 Å². The molecule has 0 amide bonds. The highest BCUT2D eigenvalue weighted by atomic mass is 32.1. The predicted octanol–water partition coefficient (Wildman–Crippen LogP) is 4.28. The van der Waals surface area contributed by atoms with Gasteiger partial charge in [0.2, 0.25) is 0 Å². The second kappa shape index (κ2) is 10.8. The van der Waals surface area contributed by atoms with Gasteiger partial charge in [-0.15, -0.1) is 0 Å². The first-order chi connectivity index (χ1) is 19.2. The highest BCUT2D eigenvalue weighted by molar-refractivity contribution is 7.07. The number of allylic oxidation sites excluding steroid dienone is 1. The molecule has 1 aliphatic rings. The number of esters is 1. The lowest BCUT2D eigenvalue weighted by Crippen LogP contribution is -2.39. The first-order valence-corrected chi connectivity index (χ1v) is 13.2. The van der Waals surface area contributed by atoms with E-state index >= 15 is 0 Å². The maximum absolute atomic E-state index is 13.8. The van der Waals surface area contributed by atoms with Gasteiger partial charge in [-0.1, -0.05) is 41.2 Å². The van der Waals surface area contributed by atoms with Gasteiger partial charge < -0.3 is 13.9 Å². The summed E-state index contributed by atoms with van der Waals surface area (Å²) in [4.78, 5) is 42.4. The lowest BCUT2D eigenvalue weighted by Gasteiger charge is -2.24. The van der Waals surface area contributed by atoms with E-state index in [2.05, 4.69) is 4.99 Å². The molecule has 4 aromatic rings. The molecule has 0 radical (unpaired) electrons. The van der Waals surface area contributed by atoms with Gasteiger partial charge in [-0.25, -0.2) is 9.79 Å². The summed E-state index contributed by atoms with van der Waals surface area (Å²) in [5.74, 6) is 0.587. The van der Waals surface area contributed by atoms with E-state index in [1.165, 1.54) is 35.1 Å². The Morgan fingerprint density at radius 2 is 1.93 bits per heavy atom. The number of furan rings is 1. The molecule has 1 atom stereocenters. The van der Waals surface area contributed by atoms with Crippen molar-refractivity contribution in [1.82, 2.24) is 4.57 Å². The second-order valence-corrected chi connectivity index (χ2v) is 10.1. The number of fused-ring (bicyclic) bond motifs is 1. The number of rotatable bonds is 7. The van der Waals surface area contributed by atoms with Crippen molar-refractivity contribution in [2.24, 2.45) is 4.99 Å². The predicted molar refractivity (Wildman–Crippen MR) is 149 cm³/mol. The second-order valence-electron chi connectivity index (χ2n) is 9.06. The quantitative estimate of drug-likeness (QED) is 0.188. The Bertz CT molecular complexity index is 1850. The zero-order chi connectivity index (χ0) is 28.6. The van der Waals surface area contributed by atoms with Crippen molar-refractivity contribution in [2.75, 3.05) is 13.7 Å². The molecule has 2 aromatic carbocycles. The van der Waals surface area contributed by atoms with Crippen molar-refractivity contribution >= 4 is 29.1 Å². The number of hydrogen-bond acceptors (Lipinski definition) is 9. The normalized spacial score (nSPS) is 15.0. The topological polar surface area (TPSA) is 126 Å². The molecular formula is C29H25N3O7S. The number of non-ortho nitro benzene ring substituents is 1. The number of aryl methyl sites for hydroxylation is 1. The van der Waals surface area contributed by atoms with Crippen LogP contribution in [0.25, 0.3) is 17.4 Å². The molecule has 11 heteroatoms. The van der Waals surface area contributed by atoms with E-state index in [0.29, 0.717) is 37.7 Å². The summed E-state index contributed by atoms with van der Waals surface area (Å²) in [6.07, 6.45) is 1.61. The van der Waals surface area contributed by atoms with E-state index in [1.807, 2.05) is 31.2 Å². The smallest absolute Gasteiger partial charge is 0.338 e. The molecule has 0 saturated heterocycles. The van der Waals surface area contributed by atoms with Crippen LogP contribution in [0.5, 0.6) is 5.75 Å². The standard InChI is InChI=1S/C29H25N3O7S/c1-5-38-28(34)25-17(3)30-29-31(26(25)18-8-6-16(2)7-9-18)27(33)24(40-29)15-20-11-13-22(39-20)21-12-10-19(32(35)36)14-23(21)37-4/h6-15,26H,5H2,1-4H3/b24-15-/t26-/m0/s1. The third kappa shape index (κ3) is 4.87. The molecular weight excluding hydrogens is 534 g/mol. The van der Waals surface area contributed by atoms with Crippen LogP contribution in [0, 0.1) is 17.0 Å². The summed E-state index contributed by atoms with van der Waals surface area (Å²) in [7, 11) is 1.42. The monoisotopic (exact) mass is 559 g/mol.